The zero-order valence-electron chi connectivity index (χ0n) is 25.2. The van der Waals surface area contributed by atoms with Gasteiger partial charge in [0.25, 0.3) is 5.91 Å². The molecule has 0 unspecified atom stereocenters. The average Bonchev–Trinajstić information content (AvgIpc) is 2.97. The molecule has 2 aromatic carbocycles. The minimum Gasteiger partial charge on any atom is -0.480 e. The minimum atomic E-state index is -3.49. The van der Waals surface area contributed by atoms with Gasteiger partial charge in [0.1, 0.15) is 6.04 Å². The second-order valence-electron chi connectivity index (χ2n) is 11.2. The molecule has 0 aliphatic heterocycles. The van der Waals surface area contributed by atoms with Crippen LogP contribution in [0.5, 0.6) is 0 Å². The van der Waals surface area contributed by atoms with E-state index in [4.69, 9.17) is 0 Å². The van der Waals surface area contributed by atoms with Crippen molar-refractivity contribution in [2.24, 2.45) is 5.92 Å². The Bertz CT molecular complexity index is 1280. The summed E-state index contributed by atoms with van der Waals surface area (Å²) in [6.07, 6.45) is 9.60. The van der Waals surface area contributed by atoms with E-state index in [-0.39, 0.29) is 12.3 Å². The lowest BCUT2D eigenvalue weighted by Gasteiger charge is -2.27. The molecular weight excluding hydrogens is 571 g/mol. The van der Waals surface area contributed by atoms with Crippen LogP contribution in [-0.4, -0.2) is 73.6 Å². The highest BCUT2D eigenvalue weighted by molar-refractivity contribution is 7.98. The van der Waals surface area contributed by atoms with Gasteiger partial charge in [-0.25, -0.2) is 13.2 Å². The number of carboxylic acid groups (broad SMARTS) is 1. The zero-order valence-corrected chi connectivity index (χ0v) is 26.9. The van der Waals surface area contributed by atoms with Gasteiger partial charge in [-0.1, -0.05) is 62.4 Å². The maximum absolute atomic E-state index is 13.5. The molecule has 3 N–H and O–H groups in total. The molecule has 8 nitrogen and oxygen atoms in total. The Labute approximate surface area is 256 Å². The molecule has 10 heteroatoms. The third-order valence-corrected chi connectivity index (χ3v) is 10.6. The first-order valence-corrected chi connectivity index (χ1v) is 18.0. The van der Waals surface area contributed by atoms with Crippen molar-refractivity contribution in [3.63, 3.8) is 0 Å². The monoisotopic (exact) mass is 617 g/mol. The summed E-state index contributed by atoms with van der Waals surface area (Å²) < 4.78 is 28.7. The quantitative estimate of drug-likeness (QED) is 0.206. The summed E-state index contributed by atoms with van der Waals surface area (Å²) in [6.45, 7) is 3.29. The Morgan fingerprint density at radius 2 is 1.83 bits per heavy atom. The van der Waals surface area contributed by atoms with Gasteiger partial charge in [-0.05, 0) is 92.1 Å². The summed E-state index contributed by atoms with van der Waals surface area (Å²) in [5, 5.41) is 15.4. The largest absolute Gasteiger partial charge is 0.480 e. The molecule has 42 heavy (non-hydrogen) atoms. The SMILES string of the molecule is CNCCCS(=O)(=O)N(CCC1CCCCC1)Cc1ccc(C(=O)N[C@@H](CCSC)C(=O)O)c(-c2ccccc2C)c1. The fourth-order valence-electron chi connectivity index (χ4n) is 5.60. The van der Waals surface area contributed by atoms with E-state index in [9.17, 15) is 23.1 Å². The number of nitrogens with zero attached hydrogens (tertiary/aromatic N) is 1. The molecule has 0 radical (unpaired) electrons. The molecule has 1 atom stereocenters. The van der Waals surface area contributed by atoms with Gasteiger partial charge in [0.2, 0.25) is 10.0 Å². The van der Waals surface area contributed by atoms with Crippen LogP contribution < -0.4 is 10.6 Å². The number of carboxylic acids is 1. The van der Waals surface area contributed by atoms with Crippen molar-refractivity contribution in [2.75, 3.05) is 37.9 Å². The van der Waals surface area contributed by atoms with Crippen LogP contribution in [0.15, 0.2) is 42.5 Å². The number of benzene rings is 2. The predicted molar refractivity (Wildman–Crippen MR) is 172 cm³/mol. The fourth-order valence-corrected chi connectivity index (χ4v) is 7.57. The van der Waals surface area contributed by atoms with Crippen LogP contribution in [0.2, 0.25) is 0 Å². The molecule has 1 aliphatic carbocycles. The number of nitrogens with one attached hydrogen (secondary N) is 2. The summed E-state index contributed by atoms with van der Waals surface area (Å²) in [7, 11) is -1.67. The van der Waals surface area contributed by atoms with Crippen molar-refractivity contribution in [1.29, 1.82) is 0 Å². The number of aliphatic carboxylic acids is 1. The van der Waals surface area contributed by atoms with Gasteiger partial charge in [-0.15, -0.1) is 0 Å². The van der Waals surface area contributed by atoms with Gasteiger partial charge in [0, 0.05) is 18.7 Å². The summed E-state index contributed by atoms with van der Waals surface area (Å²) in [4.78, 5) is 25.3. The third-order valence-electron chi connectivity index (χ3n) is 8.07. The van der Waals surface area contributed by atoms with Crippen LogP contribution in [0.4, 0.5) is 0 Å². The minimum absolute atomic E-state index is 0.0796. The summed E-state index contributed by atoms with van der Waals surface area (Å²) in [5.74, 6) is -0.280. The highest BCUT2D eigenvalue weighted by Gasteiger charge is 2.26. The van der Waals surface area contributed by atoms with Crippen molar-refractivity contribution >= 4 is 33.7 Å². The lowest BCUT2D eigenvalue weighted by atomic mass is 9.87. The van der Waals surface area contributed by atoms with Crippen molar-refractivity contribution in [1.82, 2.24) is 14.9 Å². The number of aryl methyl sites for hydroxylation is 1. The molecule has 2 aromatic rings. The number of hydrogen-bond donors (Lipinski definition) is 3. The first kappa shape index (κ1) is 34.1. The third kappa shape index (κ3) is 10.1. The fraction of sp³-hybridized carbons (Fsp3) is 0.562. The second-order valence-corrected chi connectivity index (χ2v) is 14.3. The summed E-state index contributed by atoms with van der Waals surface area (Å²) >= 11 is 1.53. The summed E-state index contributed by atoms with van der Waals surface area (Å²) in [6, 6.07) is 12.1. The highest BCUT2D eigenvalue weighted by atomic mass is 32.2. The number of sulfonamides is 1. The Balaban J connectivity index is 1.94. The van der Waals surface area contributed by atoms with Crippen LogP contribution in [-0.2, 0) is 21.4 Å². The number of carbonyl (C=O) groups is 2. The van der Waals surface area contributed by atoms with E-state index in [0.717, 1.165) is 36.0 Å². The topological polar surface area (TPSA) is 116 Å². The van der Waals surface area contributed by atoms with E-state index in [2.05, 4.69) is 10.6 Å². The first-order valence-electron chi connectivity index (χ1n) is 15.0. The smallest absolute Gasteiger partial charge is 0.326 e. The van der Waals surface area contributed by atoms with Gasteiger partial charge in [0.05, 0.1) is 5.75 Å². The van der Waals surface area contributed by atoms with Crippen LogP contribution in [0, 0.1) is 12.8 Å². The molecule has 0 aromatic heterocycles. The number of thioether (sulfide) groups is 1. The molecule has 0 heterocycles. The molecule has 1 saturated carbocycles. The number of carbonyl (C=O) groups excluding carboxylic acids is 1. The first-order chi connectivity index (χ1) is 20.2. The molecule has 1 aliphatic rings. The molecule has 3 rings (SSSR count). The lowest BCUT2D eigenvalue weighted by molar-refractivity contribution is -0.139. The van der Waals surface area contributed by atoms with E-state index >= 15 is 0 Å². The van der Waals surface area contributed by atoms with Crippen LogP contribution in [0.25, 0.3) is 11.1 Å². The average molecular weight is 618 g/mol. The molecule has 0 bridgehead atoms. The van der Waals surface area contributed by atoms with Crippen LogP contribution >= 0.6 is 11.8 Å². The molecule has 1 amide bonds. The Kier molecular flexibility index (Phi) is 13.8. The Hall–Kier alpha value is -2.40. The number of rotatable bonds is 17. The molecule has 0 saturated heterocycles. The second kappa shape index (κ2) is 17.0. The van der Waals surface area contributed by atoms with Crippen molar-refractivity contribution in [3.8, 4) is 11.1 Å². The molecule has 232 valence electrons. The van der Waals surface area contributed by atoms with Crippen molar-refractivity contribution in [2.45, 2.75) is 70.9 Å². The van der Waals surface area contributed by atoms with Gasteiger partial charge in [-0.3, -0.25) is 4.79 Å². The van der Waals surface area contributed by atoms with Gasteiger partial charge in [0.15, 0.2) is 0 Å². The normalized spacial score (nSPS) is 15.0. The van der Waals surface area contributed by atoms with Crippen molar-refractivity contribution in [3.05, 3.63) is 59.2 Å². The van der Waals surface area contributed by atoms with E-state index in [1.54, 1.807) is 16.4 Å². The standard InChI is InChI=1S/C32H47N3O5S2/c1-24-10-7-8-13-27(24)29-22-26(14-15-28(29)31(36)34-30(32(37)38)17-20-41-3)23-35(42(39,40)21-9-18-33-2)19-16-25-11-5-4-6-12-25/h7-8,10,13-15,22,25,30,33H,4-6,9,11-12,16-21,23H2,1-3H3,(H,34,36)(H,37,38)/t30-/m0/s1. The van der Waals surface area contributed by atoms with Gasteiger partial charge in [-0.2, -0.15) is 16.1 Å². The highest BCUT2D eigenvalue weighted by Crippen LogP contribution is 2.30. The molecule has 1 fully saturated rings. The summed E-state index contributed by atoms with van der Waals surface area (Å²) in [5.41, 5.74) is 3.65. The van der Waals surface area contributed by atoms with Gasteiger partial charge < -0.3 is 15.7 Å². The van der Waals surface area contributed by atoms with E-state index in [1.165, 1.54) is 31.0 Å². The maximum atomic E-state index is 13.5. The molecule has 0 spiro atoms. The predicted octanol–water partition coefficient (Wildman–Crippen LogP) is 5.31. The number of amides is 1. The van der Waals surface area contributed by atoms with E-state index < -0.39 is 27.9 Å². The maximum Gasteiger partial charge on any atom is 0.326 e. The lowest BCUT2D eigenvalue weighted by Crippen LogP contribution is -2.41. The Morgan fingerprint density at radius 1 is 1.10 bits per heavy atom. The zero-order chi connectivity index (χ0) is 30.5. The van der Waals surface area contributed by atoms with Crippen LogP contribution in [0.3, 0.4) is 0 Å². The van der Waals surface area contributed by atoms with Crippen LogP contribution in [0.1, 0.15) is 72.9 Å². The van der Waals surface area contributed by atoms with E-state index in [0.29, 0.717) is 48.7 Å². The molecular formula is C32H47N3O5S2. The van der Waals surface area contributed by atoms with Gasteiger partial charge >= 0.3 is 5.97 Å². The van der Waals surface area contributed by atoms with E-state index in [1.807, 2.05) is 50.6 Å². The Morgan fingerprint density at radius 3 is 2.50 bits per heavy atom. The number of hydrogen-bond acceptors (Lipinski definition) is 6. The van der Waals surface area contributed by atoms with Crippen molar-refractivity contribution < 1.29 is 23.1 Å².